The van der Waals surface area contributed by atoms with Crippen molar-refractivity contribution in [3.05, 3.63) is 125 Å². The third kappa shape index (κ3) is 8.86. The van der Waals surface area contributed by atoms with Crippen LogP contribution in [0.4, 0.5) is 5.69 Å². The molecule has 1 N–H and O–H groups in total. The zero-order valence-corrected chi connectivity index (χ0v) is 27.4. The van der Waals surface area contributed by atoms with Crippen molar-refractivity contribution in [1.82, 2.24) is 10.2 Å². The average molecular weight is 648 g/mol. The van der Waals surface area contributed by atoms with Crippen LogP contribution in [0.1, 0.15) is 30.5 Å². The Balaban J connectivity index is 1.80. The van der Waals surface area contributed by atoms with Gasteiger partial charge in [-0.05, 0) is 80.4 Å². The second kappa shape index (κ2) is 15.1. The second-order valence-corrected chi connectivity index (χ2v) is 13.3. The lowest BCUT2D eigenvalue weighted by atomic mass is 10.0. The van der Waals surface area contributed by atoms with Crippen LogP contribution in [-0.2, 0) is 32.6 Å². The van der Waals surface area contributed by atoms with Gasteiger partial charge in [-0.25, -0.2) is 8.42 Å². The fourth-order valence-corrected chi connectivity index (χ4v) is 6.49. The van der Waals surface area contributed by atoms with Crippen LogP contribution in [0.3, 0.4) is 0 Å². The normalized spacial score (nSPS) is 12.0. The van der Waals surface area contributed by atoms with Crippen LogP contribution in [-0.4, -0.2) is 50.9 Å². The van der Waals surface area contributed by atoms with E-state index >= 15 is 0 Å². The lowest BCUT2D eigenvalue weighted by Gasteiger charge is -2.34. The standard InChI is InChI=1S/C35H38ClN3O5S/c1-25(2)37-35(41)33(22-27-10-6-5-7-11-27)38(23-28-12-8-9-26(3)21-28)34(40)24-39(30-15-13-29(36)14-16-30)45(42,43)32-19-17-31(44-4)18-20-32/h5-21,25,33H,22-24H2,1-4H3,(H,37,41)/t33-/m1/s1. The second-order valence-electron chi connectivity index (χ2n) is 11.0. The van der Waals surface area contributed by atoms with Crippen molar-refractivity contribution in [2.24, 2.45) is 0 Å². The van der Waals surface area contributed by atoms with Crippen LogP contribution in [0.25, 0.3) is 0 Å². The molecule has 236 valence electrons. The molecule has 1 atom stereocenters. The zero-order valence-electron chi connectivity index (χ0n) is 25.8. The van der Waals surface area contributed by atoms with Gasteiger partial charge in [-0.1, -0.05) is 71.8 Å². The quantitative estimate of drug-likeness (QED) is 0.192. The Bertz CT molecular complexity index is 1700. The molecule has 0 saturated heterocycles. The molecule has 45 heavy (non-hydrogen) atoms. The Kier molecular flexibility index (Phi) is 11.3. The number of aryl methyl sites for hydroxylation is 1. The molecular formula is C35H38ClN3O5S. The minimum Gasteiger partial charge on any atom is -0.497 e. The first-order valence-corrected chi connectivity index (χ1v) is 16.4. The number of methoxy groups -OCH3 is 1. The van der Waals surface area contributed by atoms with E-state index in [4.69, 9.17) is 16.3 Å². The molecule has 2 amide bonds. The van der Waals surface area contributed by atoms with Crippen molar-refractivity contribution in [3.8, 4) is 5.75 Å². The van der Waals surface area contributed by atoms with Crippen LogP contribution in [0.15, 0.2) is 108 Å². The molecule has 0 fully saturated rings. The summed E-state index contributed by atoms with van der Waals surface area (Å²) in [6.07, 6.45) is 0.239. The lowest BCUT2D eigenvalue weighted by Crippen LogP contribution is -2.54. The molecule has 4 aromatic rings. The van der Waals surface area contributed by atoms with Gasteiger partial charge in [0.2, 0.25) is 11.8 Å². The van der Waals surface area contributed by atoms with Gasteiger partial charge in [0.05, 0.1) is 17.7 Å². The number of halogens is 1. The molecule has 4 rings (SSSR count). The third-order valence-corrected chi connectivity index (χ3v) is 9.22. The molecule has 0 unspecified atom stereocenters. The third-order valence-electron chi connectivity index (χ3n) is 7.18. The molecule has 0 aliphatic rings. The van der Waals surface area contributed by atoms with Gasteiger partial charge < -0.3 is 15.0 Å². The Morgan fingerprint density at radius 2 is 1.51 bits per heavy atom. The van der Waals surface area contributed by atoms with Crippen LogP contribution < -0.4 is 14.4 Å². The SMILES string of the molecule is COc1ccc(S(=O)(=O)N(CC(=O)N(Cc2cccc(C)c2)[C@H](Cc2ccccc2)C(=O)NC(C)C)c2ccc(Cl)cc2)cc1. The van der Waals surface area contributed by atoms with Gasteiger partial charge in [-0.15, -0.1) is 0 Å². The number of benzene rings is 4. The lowest BCUT2D eigenvalue weighted by molar-refractivity contribution is -0.140. The van der Waals surface area contributed by atoms with Gasteiger partial charge in [0.25, 0.3) is 10.0 Å². The Labute approximate surface area is 270 Å². The monoisotopic (exact) mass is 647 g/mol. The average Bonchev–Trinajstić information content (AvgIpc) is 3.02. The number of nitrogens with zero attached hydrogens (tertiary/aromatic N) is 2. The smallest absolute Gasteiger partial charge is 0.264 e. The molecule has 0 spiro atoms. The maximum Gasteiger partial charge on any atom is 0.264 e. The van der Waals surface area contributed by atoms with Crippen LogP contribution in [0.2, 0.25) is 5.02 Å². The molecule has 0 aliphatic carbocycles. The van der Waals surface area contributed by atoms with Gasteiger partial charge in [-0.2, -0.15) is 0 Å². The van der Waals surface area contributed by atoms with Crippen molar-refractivity contribution in [3.63, 3.8) is 0 Å². The molecular weight excluding hydrogens is 610 g/mol. The summed E-state index contributed by atoms with van der Waals surface area (Å²) in [5.74, 6) is -0.374. The van der Waals surface area contributed by atoms with Gasteiger partial charge in [0.15, 0.2) is 0 Å². The molecule has 4 aromatic carbocycles. The highest BCUT2D eigenvalue weighted by Crippen LogP contribution is 2.27. The Morgan fingerprint density at radius 1 is 0.867 bits per heavy atom. The van der Waals surface area contributed by atoms with E-state index in [2.05, 4.69) is 5.32 Å². The number of nitrogens with one attached hydrogen (secondary N) is 1. The van der Waals surface area contributed by atoms with Crippen molar-refractivity contribution < 1.29 is 22.7 Å². The van der Waals surface area contributed by atoms with Crippen molar-refractivity contribution >= 4 is 39.1 Å². The van der Waals surface area contributed by atoms with Crippen LogP contribution in [0.5, 0.6) is 5.75 Å². The first kappa shape index (κ1) is 33.6. The zero-order chi connectivity index (χ0) is 32.6. The number of amides is 2. The number of carbonyl (C=O) groups is 2. The van der Waals surface area contributed by atoms with Crippen molar-refractivity contribution in [2.45, 2.75) is 50.7 Å². The van der Waals surface area contributed by atoms with E-state index in [1.54, 1.807) is 36.4 Å². The maximum atomic E-state index is 14.5. The van der Waals surface area contributed by atoms with E-state index in [0.29, 0.717) is 10.8 Å². The molecule has 10 heteroatoms. The van der Waals surface area contributed by atoms with E-state index in [-0.39, 0.29) is 35.5 Å². The van der Waals surface area contributed by atoms with Crippen molar-refractivity contribution in [1.29, 1.82) is 0 Å². The number of hydrogen-bond acceptors (Lipinski definition) is 5. The molecule has 0 radical (unpaired) electrons. The minimum absolute atomic E-state index is 0.0188. The van der Waals surface area contributed by atoms with Gasteiger partial charge in [-0.3, -0.25) is 13.9 Å². The largest absolute Gasteiger partial charge is 0.497 e. The molecule has 0 aromatic heterocycles. The number of ether oxygens (including phenoxy) is 1. The molecule has 0 heterocycles. The van der Waals surface area contributed by atoms with Gasteiger partial charge >= 0.3 is 0 Å². The summed E-state index contributed by atoms with van der Waals surface area (Å²) < 4.78 is 34.5. The topological polar surface area (TPSA) is 96.0 Å². The summed E-state index contributed by atoms with van der Waals surface area (Å²) in [6.45, 7) is 5.21. The van der Waals surface area contributed by atoms with E-state index in [0.717, 1.165) is 21.0 Å². The summed E-state index contributed by atoms with van der Waals surface area (Å²) in [5, 5.41) is 3.38. The number of anilines is 1. The van der Waals surface area contributed by atoms with Gasteiger partial charge in [0, 0.05) is 24.0 Å². The van der Waals surface area contributed by atoms with Crippen LogP contribution >= 0.6 is 11.6 Å². The summed E-state index contributed by atoms with van der Waals surface area (Å²) in [7, 11) is -2.74. The van der Waals surface area contributed by atoms with E-state index in [1.807, 2.05) is 75.4 Å². The number of hydrogen-bond donors (Lipinski definition) is 1. The highest BCUT2D eigenvalue weighted by molar-refractivity contribution is 7.92. The number of rotatable bonds is 13. The van der Waals surface area contributed by atoms with E-state index in [1.165, 1.54) is 24.1 Å². The Hall–Kier alpha value is -4.34. The minimum atomic E-state index is -4.24. The molecule has 0 bridgehead atoms. The predicted octanol–water partition coefficient (Wildman–Crippen LogP) is 6.02. The highest BCUT2D eigenvalue weighted by atomic mass is 35.5. The Morgan fingerprint density at radius 3 is 2.11 bits per heavy atom. The predicted molar refractivity (Wildman–Crippen MR) is 178 cm³/mol. The molecule has 0 saturated carbocycles. The maximum absolute atomic E-state index is 14.5. The summed E-state index contributed by atoms with van der Waals surface area (Å²) in [5.41, 5.74) is 2.93. The molecule has 8 nitrogen and oxygen atoms in total. The van der Waals surface area contributed by atoms with Gasteiger partial charge in [0.1, 0.15) is 18.3 Å². The highest BCUT2D eigenvalue weighted by Gasteiger charge is 2.35. The summed E-state index contributed by atoms with van der Waals surface area (Å²) >= 11 is 6.13. The first-order valence-electron chi connectivity index (χ1n) is 14.6. The van der Waals surface area contributed by atoms with E-state index < -0.39 is 28.5 Å². The number of sulfonamides is 1. The molecule has 0 aliphatic heterocycles. The summed E-state index contributed by atoms with van der Waals surface area (Å²) in [6, 6.07) is 28.2. The fourth-order valence-electron chi connectivity index (χ4n) is 4.95. The fraction of sp³-hybridized carbons (Fsp3) is 0.257. The number of carbonyl (C=O) groups excluding carboxylic acids is 2. The van der Waals surface area contributed by atoms with E-state index in [9.17, 15) is 18.0 Å². The van der Waals surface area contributed by atoms with Crippen LogP contribution in [0, 0.1) is 6.92 Å². The first-order chi connectivity index (χ1) is 21.5. The van der Waals surface area contributed by atoms with Crippen molar-refractivity contribution in [2.75, 3.05) is 18.0 Å². The summed E-state index contributed by atoms with van der Waals surface area (Å²) in [4.78, 5) is 29.7.